The van der Waals surface area contributed by atoms with Crippen molar-refractivity contribution in [2.24, 2.45) is 0 Å². The van der Waals surface area contributed by atoms with E-state index < -0.39 is 0 Å². The van der Waals surface area contributed by atoms with Crippen molar-refractivity contribution in [1.82, 2.24) is 5.32 Å². The molecule has 1 aromatic carbocycles. The molecule has 1 aromatic rings. The predicted molar refractivity (Wildman–Crippen MR) is 81.2 cm³/mol. The molecule has 0 unspecified atom stereocenters. The van der Waals surface area contributed by atoms with Gasteiger partial charge in [-0.3, -0.25) is 4.79 Å². The summed E-state index contributed by atoms with van der Waals surface area (Å²) in [5.74, 6) is 0.0505. The van der Waals surface area contributed by atoms with Crippen LogP contribution in [0, 0.1) is 0 Å². The van der Waals surface area contributed by atoms with E-state index in [9.17, 15) is 4.79 Å². The van der Waals surface area contributed by atoms with Crippen LogP contribution in [-0.4, -0.2) is 24.6 Å². The molecule has 0 aliphatic carbocycles. The highest BCUT2D eigenvalue weighted by Crippen LogP contribution is 2.38. The summed E-state index contributed by atoms with van der Waals surface area (Å²) < 4.78 is 0.980. The fourth-order valence-corrected chi connectivity index (χ4v) is 2.72. The second kappa shape index (κ2) is 5.24. The Labute approximate surface area is 120 Å². The lowest BCUT2D eigenvalue weighted by atomic mass is 10.1. The molecule has 0 spiro atoms. The normalized spacial score (nSPS) is 13.2. The van der Waals surface area contributed by atoms with Gasteiger partial charge in [0.1, 0.15) is 0 Å². The number of anilines is 2. The summed E-state index contributed by atoms with van der Waals surface area (Å²) in [7, 11) is 1.76. The first-order valence-corrected chi connectivity index (χ1v) is 6.82. The summed E-state index contributed by atoms with van der Waals surface area (Å²) in [5.41, 5.74) is 2.94. The van der Waals surface area contributed by atoms with E-state index in [4.69, 9.17) is 12.2 Å². The zero-order valence-electron chi connectivity index (χ0n) is 10.2. The molecule has 1 heterocycles. The standard InChI is InChI=1S/C12H14BrN3OS/c1-7(17)16-4-3-8-5-9(13)6-10(11(8)16)15-12(18)14-2/h5-6H,3-4H2,1-2H3,(H2,14,15,18). The van der Waals surface area contributed by atoms with E-state index in [0.29, 0.717) is 5.11 Å². The molecule has 2 rings (SSSR count). The van der Waals surface area contributed by atoms with Crippen LogP contribution in [0.5, 0.6) is 0 Å². The average Bonchev–Trinajstić information content (AvgIpc) is 2.72. The Balaban J connectivity index is 2.46. The van der Waals surface area contributed by atoms with Gasteiger partial charge in [-0.15, -0.1) is 0 Å². The van der Waals surface area contributed by atoms with Gasteiger partial charge in [-0.25, -0.2) is 0 Å². The van der Waals surface area contributed by atoms with Gasteiger partial charge in [0.25, 0.3) is 0 Å². The Kier molecular flexibility index (Phi) is 3.87. The number of fused-ring (bicyclic) bond motifs is 1. The van der Waals surface area contributed by atoms with Crippen molar-refractivity contribution in [2.45, 2.75) is 13.3 Å². The van der Waals surface area contributed by atoms with Gasteiger partial charge < -0.3 is 15.5 Å². The average molecular weight is 328 g/mol. The molecular weight excluding hydrogens is 314 g/mol. The van der Waals surface area contributed by atoms with Gasteiger partial charge in [0.2, 0.25) is 5.91 Å². The van der Waals surface area contributed by atoms with Crippen molar-refractivity contribution in [3.05, 3.63) is 22.2 Å². The summed E-state index contributed by atoms with van der Waals surface area (Å²) in [6, 6.07) is 3.98. The summed E-state index contributed by atoms with van der Waals surface area (Å²) in [4.78, 5) is 13.4. The van der Waals surface area contributed by atoms with Gasteiger partial charge >= 0.3 is 0 Å². The number of benzene rings is 1. The van der Waals surface area contributed by atoms with Gasteiger partial charge in [0.15, 0.2) is 5.11 Å². The molecule has 0 fully saturated rings. The Morgan fingerprint density at radius 2 is 2.22 bits per heavy atom. The van der Waals surface area contributed by atoms with E-state index in [2.05, 4.69) is 26.6 Å². The number of carbonyl (C=O) groups is 1. The van der Waals surface area contributed by atoms with Crippen molar-refractivity contribution >= 4 is 50.5 Å². The molecule has 4 nitrogen and oxygen atoms in total. The number of hydrogen-bond acceptors (Lipinski definition) is 2. The Morgan fingerprint density at radius 1 is 1.50 bits per heavy atom. The van der Waals surface area contributed by atoms with Crippen LogP contribution in [0.2, 0.25) is 0 Å². The molecule has 1 aliphatic heterocycles. The number of hydrogen-bond donors (Lipinski definition) is 2. The third kappa shape index (κ3) is 2.49. The SMILES string of the molecule is CNC(=S)Nc1cc(Br)cc2c1N(C(C)=O)CC2. The number of nitrogens with zero attached hydrogens (tertiary/aromatic N) is 1. The zero-order chi connectivity index (χ0) is 13.3. The zero-order valence-corrected chi connectivity index (χ0v) is 12.6. The Hall–Kier alpha value is -1.14. The van der Waals surface area contributed by atoms with E-state index in [1.807, 2.05) is 12.1 Å². The second-order valence-corrected chi connectivity index (χ2v) is 5.41. The van der Waals surface area contributed by atoms with Gasteiger partial charge in [-0.2, -0.15) is 0 Å². The van der Waals surface area contributed by atoms with Crippen LogP contribution >= 0.6 is 28.1 Å². The minimum Gasteiger partial charge on any atom is -0.366 e. The molecule has 2 N–H and O–H groups in total. The maximum atomic E-state index is 11.6. The summed E-state index contributed by atoms with van der Waals surface area (Å²) >= 11 is 8.59. The van der Waals surface area contributed by atoms with Crippen LogP contribution in [0.3, 0.4) is 0 Å². The monoisotopic (exact) mass is 327 g/mol. The van der Waals surface area contributed by atoms with Crippen molar-refractivity contribution in [1.29, 1.82) is 0 Å². The van der Waals surface area contributed by atoms with Crippen molar-refractivity contribution < 1.29 is 4.79 Å². The number of thiocarbonyl (C=S) groups is 1. The molecule has 1 aliphatic rings. The first-order valence-electron chi connectivity index (χ1n) is 5.62. The largest absolute Gasteiger partial charge is 0.366 e. The van der Waals surface area contributed by atoms with E-state index in [0.717, 1.165) is 34.4 Å². The fourth-order valence-electron chi connectivity index (χ4n) is 2.10. The Morgan fingerprint density at radius 3 is 2.83 bits per heavy atom. The summed E-state index contributed by atoms with van der Waals surface area (Å²) in [5, 5.41) is 6.52. The molecule has 0 atom stereocenters. The van der Waals surface area contributed by atoms with E-state index >= 15 is 0 Å². The van der Waals surface area contributed by atoms with Crippen LogP contribution < -0.4 is 15.5 Å². The quantitative estimate of drug-likeness (QED) is 0.777. The highest BCUT2D eigenvalue weighted by Gasteiger charge is 2.26. The molecule has 0 bridgehead atoms. The minimum atomic E-state index is 0.0505. The van der Waals surface area contributed by atoms with E-state index in [1.165, 1.54) is 0 Å². The van der Waals surface area contributed by atoms with Gasteiger partial charge in [-0.05, 0) is 36.3 Å². The van der Waals surface area contributed by atoms with E-state index in [-0.39, 0.29) is 5.91 Å². The lowest BCUT2D eigenvalue weighted by Crippen LogP contribution is -2.29. The maximum Gasteiger partial charge on any atom is 0.223 e. The molecule has 0 saturated heterocycles. The topological polar surface area (TPSA) is 44.4 Å². The summed E-state index contributed by atoms with van der Waals surface area (Å²) in [6.45, 7) is 2.30. The third-order valence-electron chi connectivity index (χ3n) is 2.88. The van der Waals surface area contributed by atoms with Crippen LogP contribution in [0.25, 0.3) is 0 Å². The number of carbonyl (C=O) groups excluding carboxylic acids is 1. The number of nitrogens with one attached hydrogen (secondary N) is 2. The minimum absolute atomic E-state index is 0.0505. The first-order chi connectivity index (χ1) is 8.52. The van der Waals surface area contributed by atoms with Gasteiger partial charge in [0.05, 0.1) is 11.4 Å². The molecule has 0 aromatic heterocycles. The molecule has 6 heteroatoms. The molecule has 18 heavy (non-hydrogen) atoms. The van der Waals surface area contributed by atoms with Crippen LogP contribution in [0.1, 0.15) is 12.5 Å². The lowest BCUT2D eigenvalue weighted by molar-refractivity contribution is -0.116. The molecule has 96 valence electrons. The molecular formula is C12H14BrN3OS. The van der Waals surface area contributed by atoms with Gasteiger partial charge in [0, 0.05) is 25.0 Å². The Bertz CT molecular complexity index is 518. The van der Waals surface area contributed by atoms with Crippen molar-refractivity contribution in [2.75, 3.05) is 23.8 Å². The first kappa shape index (κ1) is 13.3. The molecule has 0 radical (unpaired) electrons. The van der Waals surface area contributed by atoms with Crippen molar-refractivity contribution in [3.63, 3.8) is 0 Å². The fraction of sp³-hybridized carbons (Fsp3) is 0.333. The highest BCUT2D eigenvalue weighted by atomic mass is 79.9. The number of rotatable bonds is 1. The maximum absolute atomic E-state index is 11.6. The summed E-state index contributed by atoms with van der Waals surface area (Å²) in [6.07, 6.45) is 0.870. The smallest absolute Gasteiger partial charge is 0.223 e. The molecule has 1 amide bonds. The van der Waals surface area contributed by atoms with Gasteiger partial charge in [-0.1, -0.05) is 15.9 Å². The van der Waals surface area contributed by atoms with E-state index in [1.54, 1.807) is 18.9 Å². The molecule has 0 saturated carbocycles. The third-order valence-corrected chi connectivity index (χ3v) is 3.65. The predicted octanol–water partition coefficient (Wildman–Crippen LogP) is 2.27. The van der Waals surface area contributed by atoms with Crippen LogP contribution in [0.4, 0.5) is 11.4 Å². The lowest BCUT2D eigenvalue weighted by Gasteiger charge is -2.20. The van der Waals surface area contributed by atoms with Crippen molar-refractivity contribution in [3.8, 4) is 0 Å². The number of halogens is 1. The second-order valence-electron chi connectivity index (χ2n) is 4.09. The van der Waals surface area contributed by atoms with Crippen LogP contribution in [0.15, 0.2) is 16.6 Å². The highest BCUT2D eigenvalue weighted by molar-refractivity contribution is 9.10. The number of amides is 1. The van der Waals surface area contributed by atoms with Crippen LogP contribution in [-0.2, 0) is 11.2 Å².